The Hall–Kier alpha value is -2.68. The minimum absolute atomic E-state index is 0.137. The van der Waals surface area contributed by atoms with Crippen molar-refractivity contribution in [1.29, 1.82) is 0 Å². The standard InChI is InChI=1S/C39H70N4O18/c1-4-5-6-7-8-9-10-11-12-13-14-15-26(50)43-36-28(42-21(3)47)31(53)34(24(18-45)58-36)60-37-33(55)32(54)30(52)25(59-37)19-57-39(38(40)56)16-22(48)27(41-20(2)46)35(61-39)29(51)23(49)17-44/h22-25,27-37,44-45,48-49,51-55H,4-19H2,1-3H3,(H2,40,56)(H,41,46)(H,42,47)(H,43,50)/t22-,23+,24+,25+,27+,28+,29+,30-,31+,32-,33+,34+,35+,36+,37-,39+/m0/s1. The number of nitrogens with two attached hydrogens (primary N) is 1. The molecule has 354 valence electrons. The number of aliphatic hydroxyl groups excluding tert-OH is 9. The number of carbonyl (C=O) groups excluding carboxylic acids is 4. The first-order chi connectivity index (χ1) is 28.9. The maximum atomic E-state index is 13.0. The van der Waals surface area contributed by atoms with E-state index in [1.165, 1.54) is 38.5 Å². The molecular weight excluding hydrogens is 812 g/mol. The van der Waals surface area contributed by atoms with Crippen LogP contribution in [0.2, 0.25) is 0 Å². The summed E-state index contributed by atoms with van der Waals surface area (Å²) in [6, 6.07) is -2.79. The summed E-state index contributed by atoms with van der Waals surface area (Å²) in [5.74, 6) is -5.75. The van der Waals surface area contributed by atoms with Gasteiger partial charge >= 0.3 is 0 Å². The van der Waals surface area contributed by atoms with E-state index in [9.17, 15) is 65.1 Å². The molecule has 0 saturated carbocycles. The smallest absolute Gasteiger partial charge is 0.277 e. The second-order valence-electron chi connectivity index (χ2n) is 16.2. The van der Waals surface area contributed by atoms with Crippen molar-refractivity contribution in [3.8, 4) is 0 Å². The van der Waals surface area contributed by atoms with E-state index in [1.807, 2.05) is 0 Å². The van der Waals surface area contributed by atoms with Crippen LogP contribution in [0.15, 0.2) is 0 Å². The van der Waals surface area contributed by atoms with Crippen molar-refractivity contribution in [2.45, 2.75) is 202 Å². The second kappa shape index (κ2) is 25.6. The van der Waals surface area contributed by atoms with Crippen LogP contribution in [-0.2, 0) is 42.9 Å². The van der Waals surface area contributed by atoms with Gasteiger partial charge in [0.15, 0.2) is 12.5 Å². The molecule has 61 heavy (non-hydrogen) atoms. The molecule has 0 aromatic carbocycles. The number of ether oxygens (including phenoxy) is 5. The van der Waals surface area contributed by atoms with Crippen molar-refractivity contribution < 1.29 is 88.8 Å². The number of carbonyl (C=O) groups is 4. The first-order valence-corrected chi connectivity index (χ1v) is 21.3. The zero-order valence-electron chi connectivity index (χ0n) is 35.3. The van der Waals surface area contributed by atoms with Gasteiger partial charge in [-0.05, 0) is 6.42 Å². The summed E-state index contributed by atoms with van der Waals surface area (Å²) in [6.07, 6.45) is -11.8. The number of amides is 4. The van der Waals surface area contributed by atoms with E-state index < -0.39 is 147 Å². The Labute approximate surface area is 355 Å². The van der Waals surface area contributed by atoms with Gasteiger partial charge in [-0.25, -0.2) is 0 Å². The third-order valence-corrected chi connectivity index (χ3v) is 11.3. The van der Waals surface area contributed by atoms with Crippen LogP contribution in [0, 0.1) is 0 Å². The second-order valence-corrected chi connectivity index (χ2v) is 16.2. The van der Waals surface area contributed by atoms with Gasteiger partial charge < -0.3 is 91.3 Å². The van der Waals surface area contributed by atoms with Crippen molar-refractivity contribution >= 4 is 23.6 Å². The topological polar surface area (TPSA) is 359 Å². The summed E-state index contributed by atoms with van der Waals surface area (Å²) >= 11 is 0. The van der Waals surface area contributed by atoms with Gasteiger partial charge in [0.25, 0.3) is 11.7 Å². The Morgan fingerprint density at radius 2 is 1.33 bits per heavy atom. The molecule has 22 nitrogen and oxygen atoms in total. The van der Waals surface area contributed by atoms with Crippen LogP contribution in [0.1, 0.15) is 104 Å². The predicted molar refractivity (Wildman–Crippen MR) is 210 cm³/mol. The van der Waals surface area contributed by atoms with Crippen molar-refractivity contribution in [1.82, 2.24) is 16.0 Å². The molecule has 14 N–H and O–H groups in total. The molecule has 3 heterocycles. The van der Waals surface area contributed by atoms with E-state index in [0.29, 0.717) is 6.42 Å². The molecule has 0 aromatic rings. The molecule has 0 aromatic heterocycles. The van der Waals surface area contributed by atoms with Gasteiger partial charge in [-0.15, -0.1) is 0 Å². The normalized spacial score (nSPS) is 35.2. The summed E-state index contributed by atoms with van der Waals surface area (Å²) in [5, 5.41) is 103. The highest BCUT2D eigenvalue weighted by atomic mass is 16.7. The predicted octanol–water partition coefficient (Wildman–Crippen LogP) is -3.85. The van der Waals surface area contributed by atoms with E-state index in [4.69, 9.17) is 29.4 Å². The van der Waals surface area contributed by atoms with E-state index in [1.54, 1.807) is 0 Å². The van der Waals surface area contributed by atoms with Crippen LogP contribution >= 0.6 is 0 Å². The molecule has 3 rings (SSSR count). The lowest BCUT2D eigenvalue weighted by Crippen LogP contribution is -2.70. The van der Waals surface area contributed by atoms with Crippen LogP contribution in [0.4, 0.5) is 0 Å². The summed E-state index contributed by atoms with van der Waals surface area (Å²) in [6.45, 7) is 1.74. The Kier molecular flexibility index (Phi) is 22.1. The monoisotopic (exact) mass is 882 g/mol. The van der Waals surface area contributed by atoms with Crippen molar-refractivity contribution in [2.24, 2.45) is 5.73 Å². The zero-order valence-corrected chi connectivity index (χ0v) is 35.3. The maximum Gasteiger partial charge on any atom is 0.277 e. The van der Waals surface area contributed by atoms with Gasteiger partial charge in [0.1, 0.15) is 67.1 Å². The Balaban J connectivity index is 1.68. The lowest BCUT2D eigenvalue weighted by atomic mass is 9.88. The molecule has 3 aliphatic rings. The lowest BCUT2D eigenvalue weighted by Gasteiger charge is -2.49. The molecule has 3 aliphatic heterocycles. The van der Waals surface area contributed by atoms with Crippen LogP contribution in [0.25, 0.3) is 0 Å². The summed E-state index contributed by atoms with van der Waals surface area (Å²) in [7, 11) is 0. The number of unbranched alkanes of at least 4 members (excludes halogenated alkanes) is 10. The fraction of sp³-hybridized carbons (Fsp3) is 0.897. The Bertz CT molecular complexity index is 1370. The number of hydrogen-bond donors (Lipinski definition) is 13. The molecule has 4 amide bonds. The van der Waals surface area contributed by atoms with Gasteiger partial charge in [-0.3, -0.25) is 19.2 Å². The van der Waals surface area contributed by atoms with Crippen LogP contribution < -0.4 is 21.7 Å². The van der Waals surface area contributed by atoms with E-state index >= 15 is 0 Å². The molecule has 22 heteroatoms. The van der Waals surface area contributed by atoms with E-state index in [2.05, 4.69) is 22.9 Å². The highest BCUT2D eigenvalue weighted by molar-refractivity contribution is 5.82. The van der Waals surface area contributed by atoms with Gasteiger partial charge in [0.2, 0.25) is 17.7 Å². The number of primary amides is 1. The van der Waals surface area contributed by atoms with Gasteiger partial charge in [-0.1, -0.05) is 71.1 Å². The average Bonchev–Trinajstić information content (AvgIpc) is 3.21. The SMILES string of the molecule is CCCCCCCCCCCCCC(=O)N[C@@H]1O[C@H](CO)[C@@H](O[C@@H]2O[C@H](CO[C@]3(C(N)=O)C[C@H](O)[C@@H](NC(C)=O)[C@H]([C@H](O)[C@H](O)CO)O3)[C@H](O)[C@H](O)[C@H]2O)[C@H](O)[C@H]1NC(C)=O. The van der Waals surface area contributed by atoms with E-state index in [0.717, 1.165) is 39.5 Å². The van der Waals surface area contributed by atoms with Crippen LogP contribution in [0.3, 0.4) is 0 Å². The molecule has 0 aliphatic carbocycles. The molecule has 0 spiro atoms. The molecule has 3 fully saturated rings. The fourth-order valence-corrected chi connectivity index (χ4v) is 7.81. The molecule has 16 atom stereocenters. The van der Waals surface area contributed by atoms with Crippen molar-refractivity contribution in [3.63, 3.8) is 0 Å². The van der Waals surface area contributed by atoms with Crippen molar-refractivity contribution in [3.05, 3.63) is 0 Å². The number of aliphatic hydroxyl groups is 9. The minimum Gasteiger partial charge on any atom is -0.394 e. The molecular formula is C39H70N4O18. The Morgan fingerprint density at radius 1 is 0.754 bits per heavy atom. The van der Waals surface area contributed by atoms with Crippen LogP contribution in [0.5, 0.6) is 0 Å². The number of hydrogen-bond acceptors (Lipinski definition) is 18. The highest BCUT2D eigenvalue weighted by Crippen LogP contribution is 2.35. The fourth-order valence-electron chi connectivity index (χ4n) is 7.81. The third kappa shape index (κ3) is 15.0. The molecule has 0 radical (unpaired) electrons. The van der Waals surface area contributed by atoms with Gasteiger partial charge in [-0.2, -0.15) is 0 Å². The first-order valence-electron chi connectivity index (χ1n) is 21.3. The quantitative estimate of drug-likeness (QED) is 0.0390. The number of nitrogens with one attached hydrogen (secondary N) is 3. The van der Waals surface area contributed by atoms with E-state index in [-0.39, 0.29) is 6.42 Å². The summed E-state index contributed by atoms with van der Waals surface area (Å²) < 4.78 is 28.8. The van der Waals surface area contributed by atoms with Crippen molar-refractivity contribution in [2.75, 3.05) is 19.8 Å². The summed E-state index contributed by atoms with van der Waals surface area (Å²) in [5.41, 5.74) is 5.61. The molecule has 0 bridgehead atoms. The third-order valence-electron chi connectivity index (χ3n) is 11.3. The van der Waals surface area contributed by atoms with Gasteiger partial charge in [0, 0.05) is 26.7 Å². The van der Waals surface area contributed by atoms with Crippen LogP contribution in [-0.4, -0.2) is 187 Å². The largest absolute Gasteiger partial charge is 0.394 e. The zero-order chi connectivity index (χ0) is 45.4. The summed E-state index contributed by atoms with van der Waals surface area (Å²) in [4.78, 5) is 49.9. The Morgan fingerprint density at radius 3 is 1.87 bits per heavy atom. The highest BCUT2D eigenvalue weighted by Gasteiger charge is 2.56. The number of rotatable bonds is 25. The lowest BCUT2D eigenvalue weighted by molar-refractivity contribution is -0.351. The molecule has 0 unspecified atom stereocenters. The maximum absolute atomic E-state index is 13.0. The minimum atomic E-state index is -2.64. The first kappa shape index (κ1) is 52.7. The van der Waals surface area contributed by atoms with Gasteiger partial charge in [0.05, 0.1) is 32.0 Å². The molecule has 3 saturated heterocycles. The average molecular weight is 883 g/mol.